The maximum absolute atomic E-state index is 5.13. The molecule has 0 spiro atoms. The lowest BCUT2D eigenvalue weighted by atomic mass is 10.1. The van der Waals surface area contributed by atoms with Crippen LogP contribution in [-0.4, -0.2) is 19.3 Å². The van der Waals surface area contributed by atoms with Crippen molar-refractivity contribution in [3.8, 4) is 0 Å². The standard InChI is InChI=1S/C10H21NO/c1-7(2)8(3)11-9(4)10(5)12-6/h7-8,10-11H,4H2,1-3,5-6H3/t8-,10-/m1/s1. The third-order valence-electron chi connectivity index (χ3n) is 2.26. The average molecular weight is 171 g/mol. The Kier molecular flexibility index (Phi) is 4.98. The number of methoxy groups -OCH3 is 1. The maximum Gasteiger partial charge on any atom is 0.0931 e. The summed E-state index contributed by atoms with van der Waals surface area (Å²) in [5.41, 5.74) is 0.957. The summed E-state index contributed by atoms with van der Waals surface area (Å²) in [6, 6.07) is 0.454. The molecule has 0 bridgehead atoms. The number of ether oxygens (including phenoxy) is 1. The van der Waals surface area contributed by atoms with Crippen molar-refractivity contribution in [2.24, 2.45) is 5.92 Å². The van der Waals surface area contributed by atoms with Crippen molar-refractivity contribution in [3.63, 3.8) is 0 Å². The first-order valence-electron chi connectivity index (χ1n) is 4.47. The van der Waals surface area contributed by atoms with E-state index in [0.29, 0.717) is 12.0 Å². The molecule has 0 aromatic carbocycles. The van der Waals surface area contributed by atoms with Crippen LogP contribution in [0, 0.1) is 5.92 Å². The Morgan fingerprint density at radius 3 is 2.08 bits per heavy atom. The normalized spacial score (nSPS) is 15.8. The van der Waals surface area contributed by atoms with E-state index in [1.807, 2.05) is 6.92 Å². The molecule has 0 heterocycles. The van der Waals surface area contributed by atoms with Crippen molar-refractivity contribution >= 4 is 0 Å². The number of rotatable bonds is 5. The van der Waals surface area contributed by atoms with E-state index in [2.05, 4.69) is 32.7 Å². The van der Waals surface area contributed by atoms with Crippen LogP contribution < -0.4 is 5.32 Å². The number of nitrogens with one attached hydrogen (secondary N) is 1. The number of hydrogen-bond donors (Lipinski definition) is 1. The second-order valence-electron chi connectivity index (χ2n) is 3.58. The van der Waals surface area contributed by atoms with E-state index >= 15 is 0 Å². The molecule has 0 aromatic heterocycles. The quantitative estimate of drug-likeness (QED) is 0.684. The Morgan fingerprint density at radius 1 is 1.25 bits per heavy atom. The minimum absolute atomic E-state index is 0.0891. The van der Waals surface area contributed by atoms with Crippen LogP contribution in [0.1, 0.15) is 27.7 Å². The van der Waals surface area contributed by atoms with E-state index in [9.17, 15) is 0 Å². The molecule has 2 heteroatoms. The fourth-order valence-electron chi connectivity index (χ4n) is 0.719. The van der Waals surface area contributed by atoms with Crippen molar-refractivity contribution in [2.75, 3.05) is 7.11 Å². The lowest BCUT2D eigenvalue weighted by molar-refractivity contribution is 0.138. The summed E-state index contributed by atoms with van der Waals surface area (Å²) in [4.78, 5) is 0. The summed E-state index contributed by atoms with van der Waals surface area (Å²) in [5.74, 6) is 0.616. The lowest BCUT2D eigenvalue weighted by Crippen LogP contribution is -2.34. The molecule has 0 aliphatic carbocycles. The molecule has 0 rings (SSSR count). The van der Waals surface area contributed by atoms with E-state index in [1.165, 1.54) is 0 Å². The second kappa shape index (κ2) is 5.20. The first-order valence-corrected chi connectivity index (χ1v) is 4.47. The van der Waals surface area contributed by atoms with Gasteiger partial charge in [-0.3, -0.25) is 0 Å². The maximum atomic E-state index is 5.13. The van der Waals surface area contributed by atoms with Gasteiger partial charge in [0.15, 0.2) is 0 Å². The van der Waals surface area contributed by atoms with Crippen molar-refractivity contribution in [2.45, 2.75) is 39.8 Å². The van der Waals surface area contributed by atoms with Gasteiger partial charge >= 0.3 is 0 Å². The van der Waals surface area contributed by atoms with Crippen molar-refractivity contribution in [3.05, 3.63) is 12.3 Å². The Morgan fingerprint density at radius 2 is 1.75 bits per heavy atom. The SMILES string of the molecule is C=C(N[C@H](C)C(C)C)[C@@H](C)OC. The molecular formula is C10H21NO. The predicted octanol–water partition coefficient (Wildman–Crippen LogP) is 2.17. The van der Waals surface area contributed by atoms with Gasteiger partial charge in [0.25, 0.3) is 0 Å². The summed E-state index contributed by atoms with van der Waals surface area (Å²) < 4.78 is 5.13. The summed E-state index contributed by atoms with van der Waals surface area (Å²) >= 11 is 0. The monoisotopic (exact) mass is 171 g/mol. The zero-order chi connectivity index (χ0) is 9.72. The van der Waals surface area contributed by atoms with E-state index in [-0.39, 0.29) is 6.10 Å². The third-order valence-corrected chi connectivity index (χ3v) is 2.26. The zero-order valence-electron chi connectivity index (χ0n) is 8.85. The van der Waals surface area contributed by atoms with E-state index in [0.717, 1.165) is 5.70 Å². The molecule has 12 heavy (non-hydrogen) atoms. The molecule has 72 valence electrons. The highest BCUT2D eigenvalue weighted by molar-refractivity contribution is 4.99. The molecule has 1 N–H and O–H groups in total. The molecule has 0 aliphatic heterocycles. The van der Waals surface area contributed by atoms with Crippen LogP contribution in [0.25, 0.3) is 0 Å². The molecule has 0 amide bonds. The highest BCUT2D eigenvalue weighted by Gasteiger charge is 2.10. The van der Waals surface area contributed by atoms with E-state index in [1.54, 1.807) is 7.11 Å². The largest absolute Gasteiger partial charge is 0.384 e. The van der Waals surface area contributed by atoms with Gasteiger partial charge in [0.1, 0.15) is 0 Å². The minimum Gasteiger partial charge on any atom is -0.384 e. The molecular weight excluding hydrogens is 150 g/mol. The van der Waals surface area contributed by atoms with Gasteiger partial charge in [-0.2, -0.15) is 0 Å². The molecule has 2 nitrogen and oxygen atoms in total. The van der Waals surface area contributed by atoms with E-state index < -0.39 is 0 Å². The van der Waals surface area contributed by atoms with Crippen LogP contribution in [0.3, 0.4) is 0 Å². The van der Waals surface area contributed by atoms with Crippen LogP contribution in [0.5, 0.6) is 0 Å². The van der Waals surface area contributed by atoms with Crippen molar-refractivity contribution in [1.82, 2.24) is 5.32 Å². The predicted molar refractivity (Wildman–Crippen MR) is 53.0 cm³/mol. The van der Waals surface area contributed by atoms with Gasteiger partial charge in [0.2, 0.25) is 0 Å². The van der Waals surface area contributed by atoms with Gasteiger partial charge in [-0.25, -0.2) is 0 Å². The Labute approximate surface area is 76.0 Å². The third kappa shape index (κ3) is 3.77. The highest BCUT2D eigenvalue weighted by atomic mass is 16.5. The van der Waals surface area contributed by atoms with Gasteiger partial charge in [0, 0.05) is 18.8 Å². The number of hydrogen-bond acceptors (Lipinski definition) is 2. The summed E-state index contributed by atoms with van der Waals surface area (Å²) in [7, 11) is 1.69. The van der Waals surface area contributed by atoms with Gasteiger partial charge in [-0.05, 0) is 19.8 Å². The van der Waals surface area contributed by atoms with Gasteiger partial charge in [0.05, 0.1) is 6.10 Å². The molecule has 0 radical (unpaired) electrons. The van der Waals surface area contributed by atoms with Gasteiger partial charge in [-0.15, -0.1) is 0 Å². The minimum atomic E-state index is 0.0891. The van der Waals surface area contributed by atoms with Gasteiger partial charge in [-0.1, -0.05) is 20.4 Å². The summed E-state index contributed by atoms with van der Waals surface area (Å²) in [6.07, 6.45) is 0.0891. The van der Waals surface area contributed by atoms with Crippen LogP contribution in [-0.2, 0) is 4.74 Å². The fraction of sp³-hybridized carbons (Fsp3) is 0.800. The molecule has 0 unspecified atom stereocenters. The molecule has 0 fully saturated rings. The Bertz CT molecular complexity index is 143. The van der Waals surface area contributed by atoms with E-state index in [4.69, 9.17) is 4.74 Å². The van der Waals surface area contributed by atoms with Crippen LogP contribution in [0.4, 0.5) is 0 Å². The van der Waals surface area contributed by atoms with Crippen molar-refractivity contribution < 1.29 is 4.74 Å². The molecule has 0 aromatic rings. The first kappa shape index (κ1) is 11.5. The second-order valence-corrected chi connectivity index (χ2v) is 3.58. The van der Waals surface area contributed by atoms with Crippen LogP contribution in [0.2, 0.25) is 0 Å². The van der Waals surface area contributed by atoms with Crippen LogP contribution in [0.15, 0.2) is 12.3 Å². The van der Waals surface area contributed by atoms with Crippen molar-refractivity contribution in [1.29, 1.82) is 0 Å². The smallest absolute Gasteiger partial charge is 0.0931 e. The molecule has 0 saturated heterocycles. The first-order chi connectivity index (χ1) is 5.49. The topological polar surface area (TPSA) is 21.3 Å². The Hall–Kier alpha value is -0.500. The summed E-state index contributed by atoms with van der Waals surface area (Å²) in [5, 5.41) is 3.31. The zero-order valence-corrected chi connectivity index (χ0v) is 8.85. The lowest BCUT2D eigenvalue weighted by Gasteiger charge is -2.23. The van der Waals surface area contributed by atoms with Crippen LogP contribution >= 0.6 is 0 Å². The molecule has 0 aliphatic rings. The molecule has 0 saturated carbocycles. The Balaban J connectivity index is 3.84. The fourth-order valence-corrected chi connectivity index (χ4v) is 0.719. The van der Waals surface area contributed by atoms with Gasteiger partial charge < -0.3 is 10.1 Å². The average Bonchev–Trinajstić information content (AvgIpc) is 2.02. The summed E-state index contributed by atoms with van der Waals surface area (Å²) in [6.45, 7) is 12.4. The highest BCUT2D eigenvalue weighted by Crippen LogP contribution is 2.05. The molecule has 2 atom stereocenters.